The molecule has 138 valence electrons. The number of pyridine rings is 1. The maximum Gasteiger partial charge on any atom is 0.123 e. The number of rotatable bonds is 2. The van der Waals surface area contributed by atoms with Gasteiger partial charge in [0.1, 0.15) is 11.4 Å². The number of hydrogen-bond donors (Lipinski definition) is 1. The first-order valence-electron chi connectivity index (χ1n) is 10.3. The molecule has 3 aromatic rings. The predicted octanol–water partition coefficient (Wildman–Crippen LogP) is 4.55. The fraction of sp³-hybridized carbons (Fsp3) is 0.435. The Morgan fingerprint density at radius 3 is 2.78 bits per heavy atom. The summed E-state index contributed by atoms with van der Waals surface area (Å²) in [7, 11) is 0. The van der Waals surface area contributed by atoms with E-state index in [0.717, 1.165) is 47.8 Å². The number of aromatic amines is 1. The first-order valence-corrected chi connectivity index (χ1v) is 10.3. The Labute approximate surface area is 159 Å². The molecular formula is C23H25N3O. The fourth-order valence-corrected chi connectivity index (χ4v) is 5.02. The number of ether oxygens (including phenoxy) is 1. The number of fused-ring (bicyclic) bond motifs is 2. The first kappa shape index (κ1) is 15.7. The van der Waals surface area contributed by atoms with E-state index in [2.05, 4.69) is 40.2 Å². The summed E-state index contributed by atoms with van der Waals surface area (Å²) in [6.45, 7) is 2.38. The van der Waals surface area contributed by atoms with Crippen LogP contribution in [-0.2, 0) is 6.42 Å². The van der Waals surface area contributed by atoms with E-state index in [4.69, 9.17) is 9.72 Å². The van der Waals surface area contributed by atoms with E-state index in [-0.39, 0.29) is 5.60 Å². The number of hydrogen-bond acceptors (Lipinski definition) is 3. The average molecular weight is 359 g/mol. The number of likely N-dealkylation sites (tertiary alicyclic amines) is 1. The van der Waals surface area contributed by atoms with Crippen molar-refractivity contribution in [1.82, 2.24) is 14.9 Å². The summed E-state index contributed by atoms with van der Waals surface area (Å²) < 4.78 is 6.51. The summed E-state index contributed by atoms with van der Waals surface area (Å²) in [5.41, 5.74) is 5.69. The average Bonchev–Trinajstić information content (AvgIpc) is 3.25. The highest BCUT2D eigenvalue weighted by Crippen LogP contribution is 2.43. The Morgan fingerprint density at radius 1 is 1.07 bits per heavy atom. The lowest BCUT2D eigenvalue weighted by Gasteiger charge is -2.45. The normalized spacial score (nSPS) is 21.9. The molecule has 0 radical (unpaired) electrons. The minimum Gasteiger partial charge on any atom is -0.487 e. The second-order valence-corrected chi connectivity index (χ2v) is 8.51. The van der Waals surface area contributed by atoms with E-state index in [1.54, 1.807) is 0 Å². The van der Waals surface area contributed by atoms with Gasteiger partial charge >= 0.3 is 0 Å². The maximum atomic E-state index is 6.51. The van der Waals surface area contributed by atoms with Crippen LogP contribution in [0.5, 0.6) is 5.75 Å². The summed E-state index contributed by atoms with van der Waals surface area (Å²) in [5, 5.41) is 0. The predicted molar refractivity (Wildman–Crippen MR) is 107 cm³/mol. The van der Waals surface area contributed by atoms with Crippen molar-refractivity contribution in [3.63, 3.8) is 0 Å². The lowest BCUT2D eigenvalue weighted by molar-refractivity contribution is -0.00746. The number of aromatic nitrogens is 2. The molecule has 1 aliphatic carbocycles. The van der Waals surface area contributed by atoms with Gasteiger partial charge in [-0.3, -0.25) is 0 Å². The Kier molecular flexibility index (Phi) is 3.39. The summed E-state index contributed by atoms with van der Waals surface area (Å²) in [5.74, 6) is 1.08. The van der Waals surface area contributed by atoms with Crippen molar-refractivity contribution in [2.75, 3.05) is 13.1 Å². The summed E-state index contributed by atoms with van der Waals surface area (Å²) in [4.78, 5) is 10.7. The van der Waals surface area contributed by atoms with Crippen LogP contribution in [0.15, 0.2) is 42.6 Å². The Balaban J connectivity index is 1.24. The molecule has 1 saturated carbocycles. The monoisotopic (exact) mass is 359 g/mol. The third-order valence-electron chi connectivity index (χ3n) is 6.90. The number of nitrogens with zero attached hydrogens (tertiary/aromatic N) is 2. The van der Waals surface area contributed by atoms with Crippen molar-refractivity contribution in [1.29, 1.82) is 0 Å². The van der Waals surface area contributed by atoms with Gasteiger partial charge in [-0.05, 0) is 54.8 Å². The Hall–Kier alpha value is -2.33. The van der Waals surface area contributed by atoms with Crippen LogP contribution in [0, 0.1) is 0 Å². The Morgan fingerprint density at radius 2 is 1.96 bits per heavy atom. The summed E-state index contributed by atoms with van der Waals surface area (Å²) >= 11 is 0. The molecule has 0 amide bonds. The third-order valence-corrected chi connectivity index (χ3v) is 6.90. The van der Waals surface area contributed by atoms with Gasteiger partial charge in [0, 0.05) is 50.2 Å². The van der Waals surface area contributed by atoms with Gasteiger partial charge in [0.2, 0.25) is 0 Å². The molecule has 1 saturated heterocycles. The molecule has 6 rings (SSSR count). The molecule has 3 aliphatic rings. The van der Waals surface area contributed by atoms with Crippen molar-refractivity contribution in [2.45, 2.75) is 50.2 Å². The molecule has 2 fully saturated rings. The molecular weight excluding hydrogens is 334 g/mol. The lowest BCUT2D eigenvalue weighted by atomic mass is 9.83. The zero-order valence-electron chi connectivity index (χ0n) is 15.6. The van der Waals surface area contributed by atoms with Gasteiger partial charge in [0.25, 0.3) is 0 Å². The van der Waals surface area contributed by atoms with Crippen LogP contribution < -0.4 is 4.74 Å². The van der Waals surface area contributed by atoms with Crippen LogP contribution in [0.2, 0.25) is 0 Å². The molecule has 1 aromatic carbocycles. The molecule has 2 aliphatic heterocycles. The second kappa shape index (κ2) is 5.83. The molecule has 27 heavy (non-hydrogen) atoms. The van der Waals surface area contributed by atoms with E-state index >= 15 is 0 Å². The number of H-pyrrole nitrogens is 1. The first-order chi connectivity index (χ1) is 13.3. The van der Waals surface area contributed by atoms with Gasteiger partial charge in [-0.2, -0.15) is 0 Å². The molecule has 4 heterocycles. The van der Waals surface area contributed by atoms with Crippen LogP contribution in [0.25, 0.3) is 22.3 Å². The lowest BCUT2D eigenvalue weighted by Crippen LogP contribution is -2.52. The van der Waals surface area contributed by atoms with Crippen LogP contribution >= 0.6 is 0 Å². The molecule has 4 nitrogen and oxygen atoms in total. The number of piperidine rings is 1. The molecule has 0 unspecified atom stereocenters. The number of nitrogens with one attached hydrogen (secondary N) is 1. The number of benzene rings is 1. The van der Waals surface area contributed by atoms with Crippen molar-refractivity contribution < 1.29 is 4.74 Å². The summed E-state index contributed by atoms with van der Waals surface area (Å²) in [6.07, 6.45) is 9.51. The molecule has 1 spiro atoms. The Bertz CT molecular complexity index is 996. The SMILES string of the molecule is c1cc2nc(-c3ccc4c(c3)CC3(CCN(C5CCC5)CC3)O4)ccc2[nH]1. The standard InChI is InChI=1S/C23H25N3O/c1-2-18(3-1)26-12-9-23(10-13-26)15-17-14-16(4-7-22(17)27-23)19-5-6-20-21(25-19)8-11-24-20/h4-8,11,14,18,24H,1-3,9-10,12-13,15H2. The molecule has 1 N–H and O–H groups in total. The summed E-state index contributed by atoms with van der Waals surface area (Å²) in [6, 6.07) is 13.7. The van der Waals surface area contributed by atoms with Gasteiger partial charge in [-0.1, -0.05) is 6.42 Å². The molecule has 2 aromatic heterocycles. The highest BCUT2D eigenvalue weighted by molar-refractivity contribution is 5.78. The zero-order valence-corrected chi connectivity index (χ0v) is 15.6. The van der Waals surface area contributed by atoms with E-state index in [9.17, 15) is 0 Å². The van der Waals surface area contributed by atoms with E-state index in [0.29, 0.717) is 0 Å². The van der Waals surface area contributed by atoms with Crippen LogP contribution in [0.3, 0.4) is 0 Å². The van der Waals surface area contributed by atoms with Gasteiger partial charge in [-0.15, -0.1) is 0 Å². The minimum absolute atomic E-state index is 0.0270. The fourth-order valence-electron chi connectivity index (χ4n) is 5.02. The highest BCUT2D eigenvalue weighted by Gasteiger charge is 2.43. The van der Waals surface area contributed by atoms with Crippen molar-refractivity contribution in [3.8, 4) is 17.0 Å². The molecule has 0 bridgehead atoms. The van der Waals surface area contributed by atoms with Crippen LogP contribution in [0.1, 0.15) is 37.7 Å². The third kappa shape index (κ3) is 2.58. The van der Waals surface area contributed by atoms with Gasteiger partial charge in [0.05, 0.1) is 16.7 Å². The van der Waals surface area contributed by atoms with Crippen LogP contribution in [-0.4, -0.2) is 39.6 Å². The van der Waals surface area contributed by atoms with E-state index in [1.807, 2.05) is 12.3 Å². The van der Waals surface area contributed by atoms with E-state index in [1.165, 1.54) is 43.5 Å². The quantitative estimate of drug-likeness (QED) is 0.730. The maximum absolute atomic E-state index is 6.51. The highest BCUT2D eigenvalue weighted by atomic mass is 16.5. The zero-order chi connectivity index (χ0) is 17.8. The van der Waals surface area contributed by atoms with Gasteiger partial charge in [0.15, 0.2) is 0 Å². The van der Waals surface area contributed by atoms with Crippen molar-refractivity contribution in [2.24, 2.45) is 0 Å². The smallest absolute Gasteiger partial charge is 0.123 e. The van der Waals surface area contributed by atoms with Gasteiger partial charge in [-0.25, -0.2) is 4.98 Å². The van der Waals surface area contributed by atoms with Crippen molar-refractivity contribution in [3.05, 3.63) is 48.2 Å². The minimum atomic E-state index is 0.0270. The molecule has 0 atom stereocenters. The topological polar surface area (TPSA) is 41.2 Å². The van der Waals surface area contributed by atoms with Crippen LogP contribution in [0.4, 0.5) is 0 Å². The van der Waals surface area contributed by atoms with E-state index < -0.39 is 0 Å². The second-order valence-electron chi connectivity index (χ2n) is 8.51. The largest absolute Gasteiger partial charge is 0.487 e. The van der Waals surface area contributed by atoms with Crippen molar-refractivity contribution >= 4 is 11.0 Å². The molecule has 4 heteroatoms. The van der Waals surface area contributed by atoms with Gasteiger partial charge < -0.3 is 14.6 Å².